The lowest BCUT2D eigenvalue weighted by Crippen LogP contribution is -2.18. The van der Waals surface area contributed by atoms with E-state index in [1.807, 2.05) is 54.6 Å². The van der Waals surface area contributed by atoms with Crippen molar-refractivity contribution in [1.82, 2.24) is 3.71 Å². The van der Waals surface area contributed by atoms with Crippen molar-refractivity contribution in [2.24, 2.45) is 0 Å². The Morgan fingerprint density at radius 2 is 1.26 bits per heavy atom. The molecular formula is C20H15Cl2NO2S2. The minimum Gasteiger partial charge on any atom is -0.443 e. The molecule has 3 rings (SSSR count). The van der Waals surface area contributed by atoms with Gasteiger partial charge in [0, 0.05) is 43.7 Å². The molecule has 0 heterocycles. The molecule has 0 bridgehead atoms. The van der Waals surface area contributed by atoms with E-state index in [0.717, 1.165) is 15.4 Å². The molecule has 0 aliphatic carbocycles. The van der Waals surface area contributed by atoms with Crippen molar-refractivity contribution in [3.8, 4) is 0 Å². The molecule has 27 heavy (non-hydrogen) atoms. The van der Waals surface area contributed by atoms with Crippen LogP contribution in [0.4, 0.5) is 4.79 Å². The summed E-state index contributed by atoms with van der Waals surface area (Å²) in [7, 11) is 0. The Labute approximate surface area is 176 Å². The lowest BCUT2D eigenvalue weighted by Gasteiger charge is -2.19. The van der Waals surface area contributed by atoms with E-state index in [2.05, 4.69) is 0 Å². The summed E-state index contributed by atoms with van der Waals surface area (Å²) >= 11 is 14.4. The zero-order valence-corrected chi connectivity index (χ0v) is 17.2. The van der Waals surface area contributed by atoms with Crippen molar-refractivity contribution in [3.05, 3.63) is 94.5 Å². The lowest BCUT2D eigenvalue weighted by atomic mass is 10.2. The Hall–Kier alpha value is -1.79. The van der Waals surface area contributed by atoms with Gasteiger partial charge in [-0.3, -0.25) is 0 Å². The van der Waals surface area contributed by atoms with Gasteiger partial charge in [0.15, 0.2) is 0 Å². The van der Waals surface area contributed by atoms with Crippen molar-refractivity contribution in [2.45, 2.75) is 16.4 Å². The third-order valence-electron chi connectivity index (χ3n) is 3.36. The Kier molecular flexibility index (Phi) is 7.35. The van der Waals surface area contributed by atoms with E-state index in [4.69, 9.17) is 27.9 Å². The quantitative estimate of drug-likeness (QED) is 0.378. The van der Waals surface area contributed by atoms with Gasteiger partial charge < -0.3 is 4.74 Å². The molecule has 0 atom stereocenters. The molecule has 0 aliphatic heterocycles. The summed E-state index contributed by atoms with van der Waals surface area (Å²) in [5.74, 6) is 0. The number of ether oxygens (including phenoxy) is 1. The van der Waals surface area contributed by atoms with Gasteiger partial charge in [0.25, 0.3) is 0 Å². The molecule has 0 saturated heterocycles. The number of carbonyl (C=O) groups excluding carboxylic acids is 1. The normalized spacial score (nSPS) is 10.4. The van der Waals surface area contributed by atoms with E-state index < -0.39 is 6.09 Å². The van der Waals surface area contributed by atoms with Gasteiger partial charge in [-0.05, 0) is 54.1 Å². The first kappa shape index (κ1) is 20.0. The lowest BCUT2D eigenvalue weighted by molar-refractivity contribution is 0.135. The summed E-state index contributed by atoms with van der Waals surface area (Å²) < 4.78 is 6.97. The molecule has 0 spiro atoms. The number of hydrogen-bond acceptors (Lipinski definition) is 4. The van der Waals surface area contributed by atoms with Crippen molar-refractivity contribution in [3.63, 3.8) is 0 Å². The van der Waals surface area contributed by atoms with Gasteiger partial charge in [0.2, 0.25) is 0 Å². The van der Waals surface area contributed by atoms with Gasteiger partial charge in [-0.2, -0.15) is 3.71 Å². The molecule has 3 aromatic carbocycles. The number of nitrogens with zero attached hydrogens (tertiary/aromatic N) is 1. The number of carbonyl (C=O) groups is 1. The fourth-order valence-electron chi connectivity index (χ4n) is 2.05. The molecule has 0 unspecified atom stereocenters. The molecule has 0 aromatic heterocycles. The van der Waals surface area contributed by atoms with Crippen molar-refractivity contribution >= 4 is 53.2 Å². The van der Waals surface area contributed by atoms with Gasteiger partial charge in [0.1, 0.15) is 6.61 Å². The average molecular weight is 436 g/mol. The Balaban J connectivity index is 1.71. The summed E-state index contributed by atoms with van der Waals surface area (Å²) in [5.41, 5.74) is 0.929. The Bertz CT molecular complexity index is 827. The van der Waals surface area contributed by atoms with Crippen LogP contribution in [-0.2, 0) is 11.3 Å². The van der Waals surface area contributed by atoms with E-state index in [1.54, 1.807) is 24.3 Å². The number of hydrogen-bond donors (Lipinski definition) is 0. The number of rotatable bonds is 6. The molecule has 0 N–H and O–H groups in total. The van der Waals surface area contributed by atoms with Crippen LogP contribution in [0.5, 0.6) is 0 Å². The Morgan fingerprint density at radius 1 is 0.778 bits per heavy atom. The summed E-state index contributed by atoms with van der Waals surface area (Å²) in [6.45, 7) is 0.207. The standard InChI is InChI=1S/C20H15Cl2NO2S2/c21-16-6-10-18(11-7-16)26-23(27-19-12-8-17(22)9-13-19)20(24)25-14-15-4-2-1-3-5-15/h1-13H,14H2. The van der Waals surface area contributed by atoms with E-state index in [1.165, 1.54) is 27.6 Å². The van der Waals surface area contributed by atoms with Gasteiger partial charge in [-0.25, -0.2) is 4.79 Å². The van der Waals surface area contributed by atoms with E-state index in [0.29, 0.717) is 10.0 Å². The topological polar surface area (TPSA) is 29.5 Å². The van der Waals surface area contributed by atoms with Crippen LogP contribution in [0.1, 0.15) is 5.56 Å². The predicted octanol–water partition coefficient (Wildman–Crippen LogP) is 7.35. The molecule has 7 heteroatoms. The van der Waals surface area contributed by atoms with E-state index >= 15 is 0 Å². The summed E-state index contributed by atoms with van der Waals surface area (Å²) in [6.07, 6.45) is -0.446. The molecule has 0 aliphatic rings. The largest absolute Gasteiger partial charge is 0.443 e. The smallest absolute Gasteiger partial charge is 0.431 e. The maximum Gasteiger partial charge on any atom is 0.431 e. The van der Waals surface area contributed by atoms with E-state index in [-0.39, 0.29) is 6.61 Å². The number of benzene rings is 3. The van der Waals surface area contributed by atoms with Gasteiger partial charge in [0.05, 0.1) is 0 Å². The van der Waals surface area contributed by atoms with Crippen molar-refractivity contribution < 1.29 is 9.53 Å². The van der Waals surface area contributed by atoms with Gasteiger partial charge in [-0.15, -0.1) is 0 Å². The molecule has 1 amide bonds. The second-order valence-corrected chi connectivity index (χ2v) is 8.53. The van der Waals surface area contributed by atoms with Crippen LogP contribution in [0, 0.1) is 0 Å². The molecular weight excluding hydrogens is 421 g/mol. The second-order valence-electron chi connectivity index (χ2n) is 5.39. The highest BCUT2D eigenvalue weighted by atomic mass is 35.5. The van der Waals surface area contributed by atoms with Gasteiger partial charge in [-0.1, -0.05) is 53.5 Å². The third-order valence-corrected chi connectivity index (χ3v) is 5.91. The maximum atomic E-state index is 12.7. The zero-order chi connectivity index (χ0) is 19.1. The summed E-state index contributed by atoms with van der Waals surface area (Å²) in [4.78, 5) is 14.4. The first-order valence-corrected chi connectivity index (χ1v) is 10.3. The molecule has 138 valence electrons. The summed E-state index contributed by atoms with van der Waals surface area (Å²) in [6, 6.07) is 24.1. The van der Waals surface area contributed by atoms with Crippen molar-refractivity contribution in [2.75, 3.05) is 0 Å². The van der Waals surface area contributed by atoms with Crippen LogP contribution in [0.15, 0.2) is 88.7 Å². The third kappa shape index (κ3) is 6.40. The van der Waals surface area contributed by atoms with Crippen molar-refractivity contribution in [1.29, 1.82) is 0 Å². The SMILES string of the molecule is O=C(OCc1ccccc1)N(Sc1ccc(Cl)cc1)Sc1ccc(Cl)cc1. The highest BCUT2D eigenvalue weighted by Gasteiger charge is 2.19. The molecule has 3 aromatic rings. The molecule has 0 radical (unpaired) electrons. The highest BCUT2D eigenvalue weighted by molar-refractivity contribution is 8.12. The van der Waals surface area contributed by atoms with E-state index in [9.17, 15) is 4.79 Å². The minimum atomic E-state index is -0.446. The monoisotopic (exact) mass is 435 g/mol. The van der Waals surface area contributed by atoms with Crippen LogP contribution in [0.3, 0.4) is 0 Å². The number of amides is 1. The molecule has 0 saturated carbocycles. The highest BCUT2D eigenvalue weighted by Crippen LogP contribution is 2.35. The first-order valence-electron chi connectivity index (χ1n) is 7.98. The minimum absolute atomic E-state index is 0.207. The molecule has 3 nitrogen and oxygen atoms in total. The second kappa shape index (κ2) is 9.95. The Morgan fingerprint density at radius 3 is 1.74 bits per heavy atom. The van der Waals surface area contributed by atoms with Crippen LogP contribution < -0.4 is 0 Å². The molecule has 0 fully saturated rings. The van der Waals surface area contributed by atoms with Crippen LogP contribution in [0.2, 0.25) is 10.0 Å². The fraction of sp³-hybridized carbons (Fsp3) is 0.0500. The van der Waals surface area contributed by atoms with Crippen LogP contribution in [-0.4, -0.2) is 9.80 Å². The fourth-order valence-corrected chi connectivity index (χ4v) is 4.12. The average Bonchev–Trinajstić information content (AvgIpc) is 2.69. The maximum absolute atomic E-state index is 12.7. The number of halogens is 2. The summed E-state index contributed by atoms with van der Waals surface area (Å²) in [5, 5.41) is 1.28. The first-order chi connectivity index (χ1) is 13.1. The van der Waals surface area contributed by atoms with Gasteiger partial charge >= 0.3 is 6.09 Å². The van der Waals surface area contributed by atoms with Crippen LogP contribution in [0.25, 0.3) is 0 Å². The zero-order valence-electron chi connectivity index (χ0n) is 14.0. The van der Waals surface area contributed by atoms with Crippen LogP contribution >= 0.6 is 47.1 Å². The predicted molar refractivity (Wildman–Crippen MR) is 113 cm³/mol.